The third-order valence-electron chi connectivity index (χ3n) is 4.68. The summed E-state index contributed by atoms with van der Waals surface area (Å²) in [7, 11) is 1.56. The molecule has 0 aliphatic carbocycles. The van der Waals surface area contributed by atoms with Crippen molar-refractivity contribution in [1.82, 2.24) is 25.0 Å². The maximum atomic E-state index is 12.6. The zero-order valence-electron chi connectivity index (χ0n) is 16.8. The molecule has 154 valence electrons. The molecule has 0 saturated carbocycles. The van der Waals surface area contributed by atoms with Gasteiger partial charge >= 0.3 is 0 Å². The fourth-order valence-corrected chi connectivity index (χ4v) is 3.26. The molecule has 4 rings (SSSR count). The number of pyridine rings is 1. The fourth-order valence-electron chi connectivity index (χ4n) is 3.26. The van der Waals surface area contributed by atoms with Gasteiger partial charge < -0.3 is 20.8 Å². The molecular formula is C20H21N7O3. The third-order valence-corrected chi connectivity index (χ3v) is 4.68. The molecule has 30 heavy (non-hydrogen) atoms. The number of nitrogen functional groups attached to an aromatic ring is 1. The van der Waals surface area contributed by atoms with E-state index in [4.69, 9.17) is 10.5 Å². The van der Waals surface area contributed by atoms with E-state index >= 15 is 0 Å². The zero-order chi connectivity index (χ0) is 21.5. The lowest BCUT2D eigenvalue weighted by atomic mass is 10.0. The van der Waals surface area contributed by atoms with Crippen molar-refractivity contribution in [3.05, 3.63) is 59.2 Å². The van der Waals surface area contributed by atoms with Gasteiger partial charge in [0.15, 0.2) is 0 Å². The van der Waals surface area contributed by atoms with Gasteiger partial charge in [-0.05, 0) is 26.0 Å². The summed E-state index contributed by atoms with van der Waals surface area (Å²) in [4.78, 5) is 8.60. The van der Waals surface area contributed by atoms with Crippen LogP contribution in [0.5, 0.6) is 5.75 Å². The first-order valence-corrected chi connectivity index (χ1v) is 9.23. The van der Waals surface area contributed by atoms with Crippen LogP contribution in [-0.2, 0) is 12.1 Å². The van der Waals surface area contributed by atoms with Gasteiger partial charge in [0.05, 0.1) is 13.3 Å². The maximum Gasteiger partial charge on any atom is 0.224 e. The van der Waals surface area contributed by atoms with Crippen molar-refractivity contribution in [3.8, 4) is 17.1 Å². The summed E-state index contributed by atoms with van der Waals surface area (Å²) in [6, 6.07) is 10.5. The molecule has 0 aliphatic rings. The van der Waals surface area contributed by atoms with E-state index in [1.54, 1.807) is 51.4 Å². The van der Waals surface area contributed by atoms with Crippen LogP contribution in [0.4, 0.5) is 5.95 Å². The van der Waals surface area contributed by atoms with Gasteiger partial charge in [-0.2, -0.15) is 4.73 Å². The summed E-state index contributed by atoms with van der Waals surface area (Å²) < 4.78 is 7.60. The van der Waals surface area contributed by atoms with Crippen molar-refractivity contribution >= 4 is 16.9 Å². The second-order valence-electron chi connectivity index (χ2n) is 7.34. The predicted octanol–water partition coefficient (Wildman–Crippen LogP) is 1.39. The Kier molecular flexibility index (Phi) is 4.70. The number of aliphatic hydroxyl groups is 1. The number of aromatic nitrogens is 6. The largest absolute Gasteiger partial charge is 0.618 e. The van der Waals surface area contributed by atoms with Gasteiger partial charge in [0.25, 0.3) is 0 Å². The molecular weight excluding hydrogens is 386 g/mol. The lowest BCUT2D eigenvalue weighted by Gasteiger charge is -2.18. The van der Waals surface area contributed by atoms with Gasteiger partial charge in [0.1, 0.15) is 34.8 Å². The summed E-state index contributed by atoms with van der Waals surface area (Å²) in [5.41, 5.74) is 6.88. The van der Waals surface area contributed by atoms with E-state index in [9.17, 15) is 10.3 Å². The summed E-state index contributed by atoms with van der Waals surface area (Å²) >= 11 is 0. The number of hydrogen-bond donors (Lipinski definition) is 2. The Morgan fingerprint density at radius 3 is 2.70 bits per heavy atom. The van der Waals surface area contributed by atoms with E-state index in [1.165, 1.54) is 4.68 Å². The minimum Gasteiger partial charge on any atom is -0.618 e. The Hall–Kier alpha value is -3.79. The topological polar surface area (TPSA) is 139 Å². The Balaban J connectivity index is 1.73. The van der Waals surface area contributed by atoms with E-state index in [1.807, 2.05) is 12.1 Å². The molecule has 0 fully saturated rings. The van der Waals surface area contributed by atoms with Crippen LogP contribution in [0, 0.1) is 5.21 Å². The van der Waals surface area contributed by atoms with Crippen molar-refractivity contribution in [2.45, 2.75) is 26.0 Å². The molecule has 0 unspecified atom stereocenters. The second kappa shape index (κ2) is 7.23. The first-order valence-electron chi connectivity index (χ1n) is 9.23. The summed E-state index contributed by atoms with van der Waals surface area (Å²) in [6.07, 6.45) is 1.68. The standard InChI is InChI=1S/C20H21N7O3/c1-20(2,28)16-9-4-6-12(27(16)29)10-26-11-14(24-25-26)17-13-7-5-8-15(30-3)18(13)23-19(21)22-17/h4-9,11,28H,10H2,1-3H3,(H2,21,22,23). The average molecular weight is 407 g/mol. The number of hydrogen-bond acceptors (Lipinski definition) is 8. The number of fused-ring (bicyclic) bond motifs is 1. The van der Waals surface area contributed by atoms with Crippen LogP contribution in [0.1, 0.15) is 25.2 Å². The number of benzene rings is 1. The van der Waals surface area contributed by atoms with E-state index in [2.05, 4.69) is 20.3 Å². The number of rotatable bonds is 5. The number of nitrogens with zero attached hydrogens (tertiary/aromatic N) is 6. The summed E-state index contributed by atoms with van der Waals surface area (Å²) in [5, 5.41) is 31.9. The summed E-state index contributed by atoms with van der Waals surface area (Å²) in [5.74, 6) is 0.665. The van der Waals surface area contributed by atoms with Crippen LogP contribution in [0.2, 0.25) is 0 Å². The molecule has 0 aliphatic heterocycles. The Bertz CT molecular complexity index is 1230. The smallest absolute Gasteiger partial charge is 0.224 e. The van der Waals surface area contributed by atoms with Crippen LogP contribution >= 0.6 is 0 Å². The maximum absolute atomic E-state index is 12.6. The van der Waals surface area contributed by atoms with Crippen molar-refractivity contribution in [1.29, 1.82) is 0 Å². The summed E-state index contributed by atoms with van der Waals surface area (Å²) in [6.45, 7) is 3.29. The Labute approximate surface area is 172 Å². The molecule has 0 bridgehead atoms. The lowest BCUT2D eigenvalue weighted by Crippen LogP contribution is -2.43. The molecule has 0 spiro atoms. The van der Waals surface area contributed by atoms with Crippen molar-refractivity contribution in [2.75, 3.05) is 12.8 Å². The molecule has 3 aromatic heterocycles. The van der Waals surface area contributed by atoms with Gasteiger partial charge in [-0.1, -0.05) is 17.3 Å². The number of anilines is 1. The SMILES string of the molecule is COc1cccc2c(-c3cn(Cc4cccc(C(C)(C)O)[n+]4[O-])nn3)nc(N)nc12. The van der Waals surface area contributed by atoms with E-state index in [0.717, 1.165) is 5.39 Å². The van der Waals surface area contributed by atoms with Crippen molar-refractivity contribution in [2.24, 2.45) is 0 Å². The quantitative estimate of drug-likeness (QED) is 0.374. The highest BCUT2D eigenvalue weighted by Gasteiger charge is 2.27. The number of para-hydroxylation sites is 1. The molecule has 0 atom stereocenters. The molecule has 1 aromatic carbocycles. The second-order valence-corrected chi connectivity index (χ2v) is 7.34. The van der Waals surface area contributed by atoms with Crippen molar-refractivity contribution in [3.63, 3.8) is 0 Å². The van der Waals surface area contributed by atoms with Crippen molar-refractivity contribution < 1.29 is 14.6 Å². The van der Waals surface area contributed by atoms with Crippen LogP contribution < -0.4 is 15.2 Å². The van der Waals surface area contributed by atoms with Crippen LogP contribution in [0.15, 0.2) is 42.6 Å². The zero-order valence-corrected chi connectivity index (χ0v) is 16.8. The highest BCUT2D eigenvalue weighted by Crippen LogP contribution is 2.30. The van der Waals surface area contributed by atoms with Gasteiger partial charge in [-0.15, -0.1) is 5.10 Å². The molecule has 3 N–H and O–H groups in total. The molecule has 0 radical (unpaired) electrons. The molecule has 0 amide bonds. The highest BCUT2D eigenvalue weighted by atomic mass is 16.5. The molecule has 0 saturated heterocycles. The number of ether oxygens (including phenoxy) is 1. The highest BCUT2D eigenvalue weighted by molar-refractivity contribution is 5.95. The number of methoxy groups -OCH3 is 1. The Morgan fingerprint density at radius 1 is 1.20 bits per heavy atom. The predicted molar refractivity (Wildman–Crippen MR) is 109 cm³/mol. The molecule has 4 aromatic rings. The first kappa shape index (κ1) is 19.5. The molecule has 10 heteroatoms. The normalized spacial score (nSPS) is 11.7. The van der Waals surface area contributed by atoms with Gasteiger partial charge in [0.2, 0.25) is 17.3 Å². The first-order chi connectivity index (χ1) is 14.3. The van der Waals surface area contributed by atoms with Gasteiger partial charge in [-0.3, -0.25) is 0 Å². The van der Waals surface area contributed by atoms with Gasteiger partial charge in [-0.25, -0.2) is 14.6 Å². The van der Waals surface area contributed by atoms with E-state index in [-0.39, 0.29) is 18.2 Å². The Morgan fingerprint density at radius 2 is 1.97 bits per heavy atom. The number of nitrogens with two attached hydrogens (primary N) is 1. The van der Waals surface area contributed by atoms with Crippen LogP contribution in [-0.4, -0.2) is 37.2 Å². The molecule has 10 nitrogen and oxygen atoms in total. The average Bonchev–Trinajstić information content (AvgIpc) is 3.16. The van der Waals surface area contributed by atoms with Crippen LogP contribution in [0.3, 0.4) is 0 Å². The monoisotopic (exact) mass is 407 g/mol. The third kappa shape index (κ3) is 3.48. The van der Waals surface area contributed by atoms with E-state index in [0.29, 0.717) is 33.1 Å². The van der Waals surface area contributed by atoms with Crippen LogP contribution in [0.25, 0.3) is 22.3 Å². The molecule has 3 heterocycles. The fraction of sp³-hybridized carbons (Fsp3) is 0.250. The van der Waals surface area contributed by atoms with E-state index < -0.39 is 5.60 Å². The lowest BCUT2D eigenvalue weighted by molar-refractivity contribution is -0.630. The minimum atomic E-state index is -1.26. The minimum absolute atomic E-state index is 0.0897. The van der Waals surface area contributed by atoms with Gasteiger partial charge in [0, 0.05) is 17.5 Å².